The largest absolute Gasteiger partial charge is 0.447 e. The summed E-state index contributed by atoms with van der Waals surface area (Å²) in [5, 5.41) is 30.5. The van der Waals surface area contributed by atoms with Crippen LogP contribution in [-0.4, -0.2) is 164 Å². The van der Waals surface area contributed by atoms with Gasteiger partial charge in [0.15, 0.2) is 0 Å². The number of aliphatic hydroxyl groups is 2. The van der Waals surface area contributed by atoms with E-state index in [4.69, 9.17) is 32.6 Å². The first-order valence-corrected chi connectivity index (χ1v) is 31.1. The number of aliphatic hydroxyl groups excluding tert-OH is 2. The highest BCUT2D eigenvalue weighted by Gasteiger charge is 2.45. The van der Waals surface area contributed by atoms with Gasteiger partial charge in [-0.1, -0.05) is 55.4 Å². The summed E-state index contributed by atoms with van der Waals surface area (Å²) in [5.74, 6) is 0.952. The molecule has 19 heteroatoms. The van der Waals surface area contributed by atoms with Gasteiger partial charge in [-0.2, -0.15) is 0 Å². The van der Waals surface area contributed by atoms with Crippen LogP contribution in [0.15, 0.2) is 0 Å². The molecule has 4 amide bonds. The van der Waals surface area contributed by atoms with Gasteiger partial charge >= 0.3 is 24.4 Å². The summed E-state index contributed by atoms with van der Waals surface area (Å²) in [4.78, 5) is 50.5. The van der Waals surface area contributed by atoms with Crippen LogP contribution in [0.1, 0.15) is 161 Å². The molecule has 2 saturated carbocycles. The van der Waals surface area contributed by atoms with Crippen molar-refractivity contribution in [2.45, 2.75) is 194 Å². The lowest BCUT2D eigenvalue weighted by molar-refractivity contribution is 0.0140. The number of alkyl carbamates (subject to hydrolysis) is 4. The topological polar surface area (TPSA) is 221 Å². The predicted octanol–water partition coefficient (Wildman–Crippen LogP) is 9.77. The quantitative estimate of drug-likeness (QED) is 0.0304. The summed E-state index contributed by atoms with van der Waals surface area (Å²) in [6.07, 6.45) is 14.1. The number of hydrogen-bond acceptors (Lipinski definition) is 13. The Hall–Kier alpha value is -2.42. The molecule has 0 bridgehead atoms. The summed E-state index contributed by atoms with van der Waals surface area (Å²) in [7, 11) is -2.78. The van der Waals surface area contributed by atoms with E-state index >= 15 is 0 Å². The number of ether oxygens (including phenoxy) is 6. The molecule has 0 aromatic carbocycles. The minimum atomic E-state index is -1.56. The Kier molecular flexibility index (Phi) is 24.7. The van der Waals surface area contributed by atoms with Crippen LogP contribution >= 0.6 is 20.3 Å². The molecule has 4 unspecified atom stereocenters. The SMILES string of the molecule is CC1(C)CC(NC(=O)OCCOCCCS(C)(C)C(C)(C)OS(C)(C)C(C)(C)CCOCCOC(=O)NC2CC(C)(C)CC(C)(CNC(=O)OC(C)(C)CCO)C2)CC(C)(CNC(=O)OC(C)(C)CCO)C1. The zero-order valence-electron chi connectivity index (χ0n) is 48.2. The van der Waals surface area contributed by atoms with Crippen LogP contribution < -0.4 is 21.3 Å². The van der Waals surface area contributed by atoms with Gasteiger partial charge in [0.1, 0.15) is 29.3 Å². The highest BCUT2D eigenvalue weighted by molar-refractivity contribution is 8.34. The first-order valence-electron chi connectivity index (χ1n) is 26.1. The van der Waals surface area contributed by atoms with Gasteiger partial charge in [0.05, 0.1) is 13.2 Å². The van der Waals surface area contributed by atoms with E-state index in [0.29, 0.717) is 58.6 Å². The molecule has 2 aliphatic carbocycles. The zero-order chi connectivity index (χ0) is 55.1. The van der Waals surface area contributed by atoms with E-state index in [9.17, 15) is 29.4 Å². The van der Waals surface area contributed by atoms with Crippen molar-refractivity contribution in [2.75, 3.05) is 96.7 Å². The maximum atomic E-state index is 12.9. The molecule has 0 heterocycles. The molecule has 0 aromatic rings. The molecule has 426 valence electrons. The van der Waals surface area contributed by atoms with Gasteiger partial charge in [-0.25, -0.2) is 29.2 Å². The third-order valence-corrected chi connectivity index (χ3v) is 22.7. The number of carbonyl (C=O) groups is 4. The molecule has 0 spiro atoms. The van der Waals surface area contributed by atoms with Crippen LogP contribution in [0.5, 0.6) is 0 Å². The molecule has 0 aliphatic heterocycles. The molecular weight excluding hydrogens is 965 g/mol. The smallest absolute Gasteiger partial charge is 0.407 e. The second-order valence-corrected chi connectivity index (χ2v) is 34.3. The number of hydrogen-bond donors (Lipinski definition) is 6. The molecule has 0 aromatic heterocycles. The summed E-state index contributed by atoms with van der Waals surface area (Å²) in [6, 6.07) is -0.230. The van der Waals surface area contributed by atoms with Crippen molar-refractivity contribution >= 4 is 44.7 Å². The van der Waals surface area contributed by atoms with Gasteiger partial charge in [0, 0.05) is 69.2 Å². The highest BCUT2D eigenvalue weighted by Crippen LogP contribution is 2.65. The minimum Gasteiger partial charge on any atom is -0.447 e. The number of amides is 4. The molecule has 2 fully saturated rings. The zero-order valence-corrected chi connectivity index (χ0v) is 49.8. The number of rotatable bonds is 29. The Morgan fingerprint density at radius 2 is 0.958 bits per heavy atom. The van der Waals surface area contributed by atoms with Crippen molar-refractivity contribution in [3.63, 3.8) is 0 Å². The molecular formula is C53H104N4O13S2. The molecule has 0 saturated heterocycles. The predicted molar refractivity (Wildman–Crippen MR) is 292 cm³/mol. The van der Waals surface area contributed by atoms with E-state index in [1.54, 1.807) is 27.7 Å². The van der Waals surface area contributed by atoms with E-state index in [-0.39, 0.29) is 76.5 Å². The number of nitrogens with one attached hydrogen (secondary N) is 4. The van der Waals surface area contributed by atoms with Crippen molar-refractivity contribution in [1.82, 2.24) is 21.3 Å². The van der Waals surface area contributed by atoms with Crippen LogP contribution in [0.2, 0.25) is 0 Å². The average molecular weight is 1070 g/mol. The Balaban J connectivity index is 1.72. The molecule has 72 heavy (non-hydrogen) atoms. The van der Waals surface area contributed by atoms with Crippen molar-refractivity contribution in [1.29, 1.82) is 0 Å². The highest BCUT2D eigenvalue weighted by atomic mass is 32.3. The van der Waals surface area contributed by atoms with Crippen molar-refractivity contribution < 1.29 is 62.0 Å². The fourth-order valence-corrected chi connectivity index (χ4v) is 15.0. The third kappa shape index (κ3) is 23.6. The van der Waals surface area contributed by atoms with Crippen LogP contribution in [0.3, 0.4) is 0 Å². The maximum absolute atomic E-state index is 12.9. The third-order valence-electron chi connectivity index (χ3n) is 14.8. The molecule has 17 nitrogen and oxygen atoms in total. The van der Waals surface area contributed by atoms with Gasteiger partial charge in [0.2, 0.25) is 0 Å². The van der Waals surface area contributed by atoms with E-state index < -0.39 is 55.9 Å². The lowest BCUT2D eigenvalue weighted by atomic mass is 9.62. The van der Waals surface area contributed by atoms with Gasteiger partial charge < -0.3 is 64.1 Å². The maximum Gasteiger partial charge on any atom is 0.407 e. The Labute approximate surface area is 438 Å². The van der Waals surface area contributed by atoms with Gasteiger partial charge in [0.25, 0.3) is 0 Å². The van der Waals surface area contributed by atoms with Crippen molar-refractivity contribution in [2.24, 2.45) is 21.7 Å². The summed E-state index contributed by atoms with van der Waals surface area (Å²) in [6.45, 7) is 31.4. The second-order valence-electron chi connectivity index (χ2n) is 26.1. The van der Waals surface area contributed by atoms with Crippen LogP contribution in [-0.2, 0) is 32.6 Å². The van der Waals surface area contributed by atoms with Gasteiger partial charge in [-0.3, -0.25) is 0 Å². The summed E-state index contributed by atoms with van der Waals surface area (Å²) in [5.41, 5.74) is -2.19. The first-order chi connectivity index (χ1) is 32.8. The van der Waals surface area contributed by atoms with Crippen molar-refractivity contribution in [3.8, 4) is 0 Å². The fourth-order valence-electron chi connectivity index (χ4n) is 10.6. The molecule has 4 atom stereocenters. The monoisotopic (exact) mass is 1070 g/mol. The van der Waals surface area contributed by atoms with E-state index in [1.165, 1.54) is 0 Å². The number of carbonyl (C=O) groups excluding carboxylic acids is 4. The average Bonchev–Trinajstić information content (AvgIpc) is 3.17. The Morgan fingerprint density at radius 1 is 0.556 bits per heavy atom. The molecule has 2 rings (SSSR count). The van der Waals surface area contributed by atoms with E-state index in [0.717, 1.165) is 44.3 Å². The lowest BCUT2D eigenvalue weighted by Crippen LogP contribution is -2.51. The fraction of sp³-hybridized carbons (Fsp3) is 0.925. The first kappa shape index (κ1) is 65.7. The lowest BCUT2D eigenvalue weighted by Gasteiger charge is -2.56. The standard InChI is InChI=1S/C53H104N4O13S2/c1-46(2)32-40(34-52(13,36-46)38-54-42(60)68-48(5,6)20-23-58)56-44(62)66-29-27-64-25-19-31-71(15,16)51(11,12)70-72(17,18)50(9,10)22-26-65-28-30-67-45(63)57-41-33-47(3,4)37-53(14,35-41)39-55-43(61)69-49(7,8)21-24-59/h40-41,58-59H,19-39H2,1-18H3,(H,54,60)(H,55,61)(H,56,62)(H,57,63). The van der Waals surface area contributed by atoms with Crippen LogP contribution in [0.25, 0.3) is 0 Å². The molecule has 6 N–H and O–H groups in total. The summed E-state index contributed by atoms with van der Waals surface area (Å²) < 4.78 is 40.9. The normalized spacial score (nSPS) is 23.3. The van der Waals surface area contributed by atoms with Crippen LogP contribution in [0.4, 0.5) is 19.2 Å². The Morgan fingerprint density at radius 3 is 1.36 bits per heavy atom. The van der Waals surface area contributed by atoms with Gasteiger partial charge in [-0.05, 0) is 145 Å². The summed E-state index contributed by atoms with van der Waals surface area (Å²) >= 11 is 0. The Bertz CT molecular complexity index is 1730. The van der Waals surface area contributed by atoms with Crippen LogP contribution in [0, 0.1) is 21.7 Å². The van der Waals surface area contributed by atoms with Crippen molar-refractivity contribution in [3.05, 3.63) is 0 Å². The van der Waals surface area contributed by atoms with E-state index in [2.05, 4.69) is 116 Å². The minimum absolute atomic E-state index is 0.0600. The second kappa shape index (κ2) is 27.1. The van der Waals surface area contributed by atoms with Gasteiger partial charge in [-0.15, -0.1) is 10.3 Å². The van der Waals surface area contributed by atoms with E-state index in [1.807, 2.05) is 0 Å². The molecule has 2 aliphatic rings. The molecule has 0 radical (unpaired) electrons.